The van der Waals surface area contributed by atoms with E-state index in [4.69, 9.17) is 39.5 Å². The minimum atomic E-state index is -1.61. The maximum atomic E-state index is 11.6. The van der Waals surface area contributed by atoms with Crippen LogP contribution in [0.15, 0.2) is 30.3 Å². The van der Waals surface area contributed by atoms with Gasteiger partial charge in [-0.15, -0.1) is 0 Å². The molecule has 0 radical (unpaired) electrons. The van der Waals surface area contributed by atoms with Crippen LogP contribution in [0.3, 0.4) is 0 Å². The molecule has 1 atom stereocenters. The molecule has 0 saturated carbocycles. The summed E-state index contributed by atoms with van der Waals surface area (Å²) in [6, 6.07) is 9.73. The Labute approximate surface area is 152 Å². The van der Waals surface area contributed by atoms with E-state index in [9.17, 15) is 4.79 Å². The molecule has 23 heavy (non-hydrogen) atoms. The van der Waals surface area contributed by atoms with Gasteiger partial charge in [0.1, 0.15) is 6.61 Å². The van der Waals surface area contributed by atoms with Crippen LogP contribution in [-0.2, 0) is 4.74 Å². The highest BCUT2D eigenvalue weighted by atomic mass is 35.6. The molecule has 0 aromatic heterocycles. The van der Waals surface area contributed by atoms with Crippen LogP contribution in [0.5, 0.6) is 0 Å². The van der Waals surface area contributed by atoms with Gasteiger partial charge in [0.2, 0.25) is 3.79 Å². The maximum Gasteiger partial charge on any atom is 0.407 e. The fourth-order valence-electron chi connectivity index (χ4n) is 1.79. The average Bonchev–Trinajstić information content (AvgIpc) is 2.52. The van der Waals surface area contributed by atoms with Crippen LogP contribution in [0.2, 0.25) is 0 Å². The van der Waals surface area contributed by atoms with Crippen LogP contribution in [0.1, 0.15) is 31.7 Å². The molecule has 0 spiro atoms. The van der Waals surface area contributed by atoms with Crippen molar-refractivity contribution < 1.29 is 9.53 Å². The summed E-state index contributed by atoms with van der Waals surface area (Å²) in [6.45, 7) is 2.22. The van der Waals surface area contributed by atoms with Gasteiger partial charge in [-0.3, -0.25) is 0 Å². The Hall–Kier alpha value is -1.08. The number of amides is 1. The second kappa shape index (κ2) is 10.6. The first kappa shape index (κ1) is 20.0. The number of halogens is 3. The first-order chi connectivity index (χ1) is 10.9. The molecule has 0 bridgehead atoms. The zero-order chi connectivity index (χ0) is 17.1. The van der Waals surface area contributed by atoms with Crippen molar-refractivity contribution in [1.82, 2.24) is 5.32 Å². The van der Waals surface area contributed by atoms with E-state index in [0.29, 0.717) is 6.54 Å². The van der Waals surface area contributed by atoms with Crippen molar-refractivity contribution in [2.75, 3.05) is 13.2 Å². The lowest BCUT2D eigenvalue weighted by Gasteiger charge is -2.14. The van der Waals surface area contributed by atoms with Gasteiger partial charge in [0.15, 0.2) is 0 Å². The van der Waals surface area contributed by atoms with Crippen molar-refractivity contribution in [1.29, 1.82) is 0 Å². The quantitative estimate of drug-likeness (QED) is 0.564. The van der Waals surface area contributed by atoms with Gasteiger partial charge in [-0.25, -0.2) is 4.79 Å². The monoisotopic (exact) mass is 375 g/mol. The van der Waals surface area contributed by atoms with E-state index >= 15 is 0 Å². The van der Waals surface area contributed by atoms with Gasteiger partial charge in [0, 0.05) is 18.0 Å². The van der Waals surface area contributed by atoms with Crippen molar-refractivity contribution in [3.8, 4) is 11.8 Å². The number of hydrogen-bond donors (Lipinski definition) is 1. The zero-order valence-corrected chi connectivity index (χ0v) is 15.2. The second-order valence-electron chi connectivity index (χ2n) is 5.05. The Morgan fingerprint density at radius 1 is 1.30 bits per heavy atom. The Morgan fingerprint density at radius 3 is 2.61 bits per heavy atom. The highest BCUT2D eigenvalue weighted by Crippen LogP contribution is 2.25. The van der Waals surface area contributed by atoms with Crippen LogP contribution >= 0.6 is 34.8 Å². The SMILES string of the molecule is CCCCC(C#Cc1ccccc1)CNC(=O)OCC(Cl)(Cl)Cl. The van der Waals surface area contributed by atoms with Gasteiger partial charge >= 0.3 is 6.09 Å². The van der Waals surface area contributed by atoms with E-state index in [1.54, 1.807) is 0 Å². The maximum absolute atomic E-state index is 11.6. The van der Waals surface area contributed by atoms with Crippen LogP contribution in [0, 0.1) is 17.8 Å². The molecule has 1 N–H and O–H groups in total. The molecule has 1 rings (SSSR count). The molecule has 0 aliphatic rings. The third-order valence-electron chi connectivity index (χ3n) is 2.96. The number of rotatable bonds is 6. The summed E-state index contributed by atoms with van der Waals surface area (Å²) in [6.07, 6.45) is 2.40. The van der Waals surface area contributed by atoms with Gasteiger partial charge < -0.3 is 10.1 Å². The summed E-state index contributed by atoms with van der Waals surface area (Å²) in [5, 5.41) is 2.66. The lowest BCUT2D eigenvalue weighted by molar-refractivity contribution is 0.147. The van der Waals surface area contributed by atoms with E-state index in [-0.39, 0.29) is 12.5 Å². The molecule has 3 nitrogen and oxygen atoms in total. The third kappa shape index (κ3) is 10.3. The van der Waals surface area contributed by atoms with Crippen LogP contribution in [0.4, 0.5) is 4.79 Å². The minimum Gasteiger partial charge on any atom is -0.445 e. The molecule has 0 aliphatic heterocycles. The fraction of sp³-hybridized carbons (Fsp3) is 0.471. The van der Waals surface area contributed by atoms with Crippen molar-refractivity contribution in [3.63, 3.8) is 0 Å². The summed E-state index contributed by atoms with van der Waals surface area (Å²) in [5.74, 6) is 6.38. The molecule has 0 saturated heterocycles. The number of ether oxygens (including phenoxy) is 1. The Morgan fingerprint density at radius 2 is 2.00 bits per heavy atom. The highest BCUT2D eigenvalue weighted by Gasteiger charge is 2.22. The lowest BCUT2D eigenvalue weighted by Crippen LogP contribution is -2.31. The molecule has 1 amide bonds. The minimum absolute atomic E-state index is 0.0514. The zero-order valence-electron chi connectivity index (χ0n) is 13.0. The summed E-state index contributed by atoms with van der Waals surface area (Å²) in [7, 11) is 0. The van der Waals surface area contributed by atoms with Crippen molar-refractivity contribution in [2.45, 2.75) is 30.0 Å². The van der Waals surface area contributed by atoms with Crippen LogP contribution in [0.25, 0.3) is 0 Å². The molecule has 0 aliphatic carbocycles. The summed E-state index contributed by atoms with van der Waals surface area (Å²) < 4.78 is 3.22. The van der Waals surface area contributed by atoms with Gasteiger partial charge in [0.05, 0.1) is 0 Å². The second-order valence-corrected chi connectivity index (χ2v) is 7.56. The number of unbranched alkanes of at least 4 members (excludes halogenated alkanes) is 1. The number of alkyl halides is 3. The van der Waals surface area contributed by atoms with E-state index in [2.05, 4.69) is 24.1 Å². The standard InChI is InChI=1S/C17H20Cl3NO2/c1-2-3-7-15(11-10-14-8-5-4-6-9-14)12-21-16(22)23-13-17(18,19)20/h4-6,8-9,15H,2-3,7,12-13H2,1H3,(H,21,22). The Kier molecular flexibility index (Phi) is 9.24. The third-order valence-corrected chi connectivity index (χ3v) is 3.29. The molecule has 1 unspecified atom stereocenters. The molecule has 1 aromatic rings. The molecule has 0 heterocycles. The molecule has 6 heteroatoms. The van der Waals surface area contributed by atoms with E-state index in [1.807, 2.05) is 30.3 Å². The Bertz CT molecular complexity index is 532. The number of hydrogen-bond acceptors (Lipinski definition) is 2. The normalized spacial score (nSPS) is 12.0. The molecule has 1 aromatic carbocycles. The summed E-state index contributed by atoms with van der Waals surface area (Å²) in [5.41, 5.74) is 0.952. The van der Waals surface area contributed by atoms with Gasteiger partial charge in [-0.2, -0.15) is 0 Å². The van der Waals surface area contributed by atoms with Crippen molar-refractivity contribution in [2.24, 2.45) is 5.92 Å². The predicted octanol–water partition coefficient (Wildman–Crippen LogP) is 4.94. The number of carbonyl (C=O) groups is 1. The van der Waals surface area contributed by atoms with Gasteiger partial charge in [0.25, 0.3) is 0 Å². The number of nitrogens with one attached hydrogen (secondary N) is 1. The highest BCUT2D eigenvalue weighted by molar-refractivity contribution is 6.67. The summed E-state index contributed by atoms with van der Waals surface area (Å²) >= 11 is 16.6. The molecule has 0 fully saturated rings. The van der Waals surface area contributed by atoms with Gasteiger partial charge in [-0.1, -0.05) is 84.6 Å². The van der Waals surface area contributed by atoms with Gasteiger partial charge in [-0.05, 0) is 18.6 Å². The van der Waals surface area contributed by atoms with Crippen molar-refractivity contribution >= 4 is 40.9 Å². The first-order valence-electron chi connectivity index (χ1n) is 7.44. The van der Waals surface area contributed by atoms with Crippen LogP contribution < -0.4 is 5.32 Å². The molecule has 126 valence electrons. The number of carbonyl (C=O) groups excluding carboxylic acids is 1. The van der Waals surface area contributed by atoms with Crippen LogP contribution in [-0.4, -0.2) is 23.0 Å². The van der Waals surface area contributed by atoms with E-state index < -0.39 is 9.89 Å². The summed E-state index contributed by atoms with van der Waals surface area (Å²) in [4.78, 5) is 11.6. The topological polar surface area (TPSA) is 38.3 Å². The van der Waals surface area contributed by atoms with E-state index in [1.165, 1.54) is 0 Å². The van der Waals surface area contributed by atoms with Crippen molar-refractivity contribution in [3.05, 3.63) is 35.9 Å². The smallest absolute Gasteiger partial charge is 0.407 e. The predicted molar refractivity (Wildman–Crippen MR) is 96.0 cm³/mol. The average molecular weight is 377 g/mol. The van der Waals surface area contributed by atoms with E-state index in [0.717, 1.165) is 24.8 Å². The largest absolute Gasteiger partial charge is 0.445 e. The lowest BCUT2D eigenvalue weighted by atomic mass is 10.0. The Balaban J connectivity index is 2.51. The number of alkyl carbamates (subject to hydrolysis) is 1. The number of benzene rings is 1. The first-order valence-corrected chi connectivity index (χ1v) is 8.58. The molecular formula is C17H20Cl3NO2. The fourth-order valence-corrected chi connectivity index (χ4v) is 1.95. The molecular weight excluding hydrogens is 357 g/mol.